The standard InChI is InChI=1S/C23H22N4O2S/c1-4-14-27-15(2)19(20(24-23(27)28)16-8-6-5-7-9-16)22-25-21(26-29-22)17-10-12-18(30-3)13-11-17/h4-13,20H,1,14H2,2-3H3,(H,24,28). The molecule has 1 aromatic heterocycles. The molecule has 0 saturated heterocycles. The Kier molecular flexibility index (Phi) is 5.72. The van der Waals surface area contributed by atoms with Crippen LogP contribution in [-0.4, -0.2) is 33.9 Å². The molecular formula is C23H22N4O2S. The van der Waals surface area contributed by atoms with Crippen LogP contribution in [0.5, 0.6) is 0 Å². The lowest BCUT2D eigenvalue weighted by Crippen LogP contribution is -2.46. The number of thioether (sulfide) groups is 1. The molecule has 1 N–H and O–H groups in total. The van der Waals surface area contributed by atoms with E-state index in [1.165, 1.54) is 4.90 Å². The summed E-state index contributed by atoms with van der Waals surface area (Å²) in [5.41, 5.74) is 3.37. The van der Waals surface area contributed by atoms with Crippen LogP contribution in [-0.2, 0) is 0 Å². The van der Waals surface area contributed by atoms with E-state index in [-0.39, 0.29) is 12.1 Å². The van der Waals surface area contributed by atoms with Crippen LogP contribution in [0.1, 0.15) is 24.4 Å². The molecule has 0 aliphatic carbocycles. The van der Waals surface area contributed by atoms with Gasteiger partial charge in [-0.2, -0.15) is 4.98 Å². The molecule has 1 aliphatic heterocycles. The highest BCUT2D eigenvalue weighted by molar-refractivity contribution is 7.98. The minimum Gasteiger partial charge on any atom is -0.334 e. The Morgan fingerprint density at radius 2 is 1.93 bits per heavy atom. The number of nitrogens with one attached hydrogen (secondary N) is 1. The number of hydrogen-bond acceptors (Lipinski definition) is 5. The summed E-state index contributed by atoms with van der Waals surface area (Å²) in [7, 11) is 0. The van der Waals surface area contributed by atoms with Gasteiger partial charge in [0.15, 0.2) is 0 Å². The van der Waals surface area contributed by atoms with Gasteiger partial charge in [0, 0.05) is 22.7 Å². The van der Waals surface area contributed by atoms with Gasteiger partial charge in [0.1, 0.15) is 0 Å². The van der Waals surface area contributed by atoms with E-state index in [1.54, 1.807) is 22.7 Å². The van der Waals surface area contributed by atoms with Crippen molar-refractivity contribution >= 4 is 23.4 Å². The Bertz CT molecular complexity index is 1090. The summed E-state index contributed by atoms with van der Waals surface area (Å²) in [6.07, 6.45) is 3.73. The third-order valence-corrected chi connectivity index (χ3v) is 5.79. The fraction of sp³-hybridized carbons (Fsp3) is 0.174. The first-order chi connectivity index (χ1) is 14.6. The Morgan fingerprint density at radius 3 is 2.60 bits per heavy atom. The third-order valence-electron chi connectivity index (χ3n) is 5.05. The van der Waals surface area contributed by atoms with Crippen molar-refractivity contribution in [2.45, 2.75) is 17.9 Å². The van der Waals surface area contributed by atoms with Gasteiger partial charge in [-0.1, -0.05) is 41.6 Å². The molecule has 1 unspecified atom stereocenters. The molecule has 7 heteroatoms. The minimum absolute atomic E-state index is 0.183. The number of amides is 2. The van der Waals surface area contributed by atoms with Gasteiger partial charge in [-0.05, 0) is 43.0 Å². The summed E-state index contributed by atoms with van der Waals surface area (Å²) in [5.74, 6) is 0.899. The molecule has 152 valence electrons. The van der Waals surface area contributed by atoms with Crippen molar-refractivity contribution in [3.8, 4) is 11.4 Å². The fourth-order valence-electron chi connectivity index (χ4n) is 3.49. The number of hydrogen-bond donors (Lipinski definition) is 1. The summed E-state index contributed by atoms with van der Waals surface area (Å²) < 4.78 is 5.67. The topological polar surface area (TPSA) is 71.3 Å². The zero-order valence-corrected chi connectivity index (χ0v) is 17.6. The molecule has 3 aromatic rings. The van der Waals surface area contributed by atoms with Crippen molar-refractivity contribution in [1.29, 1.82) is 0 Å². The van der Waals surface area contributed by atoms with E-state index < -0.39 is 0 Å². The van der Waals surface area contributed by atoms with E-state index in [9.17, 15) is 4.79 Å². The van der Waals surface area contributed by atoms with E-state index in [4.69, 9.17) is 4.52 Å². The predicted octanol–water partition coefficient (Wildman–Crippen LogP) is 5.14. The van der Waals surface area contributed by atoms with Crippen molar-refractivity contribution < 1.29 is 9.32 Å². The molecule has 0 saturated carbocycles. The minimum atomic E-state index is -0.382. The molecule has 1 aliphatic rings. The quantitative estimate of drug-likeness (QED) is 0.443. The van der Waals surface area contributed by atoms with Crippen LogP contribution in [0.25, 0.3) is 17.0 Å². The molecule has 4 rings (SSSR count). The highest BCUT2D eigenvalue weighted by Gasteiger charge is 2.35. The number of benzene rings is 2. The van der Waals surface area contributed by atoms with Crippen LogP contribution in [0, 0.1) is 0 Å². The number of carbonyl (C=O) groups is 1. The van der Waals surface area contributed by atoms with Gasteiger partial charge in [0.2, 0.25) is 5.82 Å². The first kappa shape index (κ1) is 20.0. The van der Waals surface area contributed by atoms with Gasteiger partial charge >= 0.3 is 6.03 Å². The summed E-state index contributed by atoms with van der Waals surface area (Å²) in [4.78, 5) is 20.2. The molecule has 0 radical (unpaired) electrons. The Labute approximate surface area is 179 Å². The molecule has 2 amide bonds. The van der Waals surface area contributed by atoms with Crippen molar-refractivity contribution in [1.82, 2.24) is 20.4 Å². The van der Waals surface area contributed by atoms with Crippen molar-refractivity contribution in [2.24, 2.45) is 0 Å². The molecule has 0 spiro atoms. The molecule has 2 heterocycles. The maximum Gasteiger partial charge on any atom is 0.322 e. The Morgan fingerprint density at radius 1 is 1.20 bits per heavy atom. The maximum absolute atomic E-state index is 12.7. The summed E-state index contributed by atoms with van der Waals surface area (Å²) in [6.45, 7) is 6.04. The van der Waals surface area contributed by atoms with Crippen LogP contribution in [0.15, 0.2) is 82.4 Å². The first-order valence-electron chi connectivity index (χ1n) is 9.55. The highest BCUT2D eigenvalue weighted by atomic mass is 32.2. The zero-order valence-electron chi connectivity index (χ0n) is 16.8. The summed E-state index contributed by atoms with van der Waals surface area (Å²) in [5, 5.41) is 7.25. The lowest BCUT2D eigenvalue weighted by atomic mass is 9.95. The van der Waals surface area contributed by atoms with E-state index in [0.717, 1.165) is 22.4 Å². The monoisotopic (exact) mass is 418 g/mol. The van der Waals surface area contributed by atoms with E-state index in [0.29, 0.717) is 18.3 Å². The predicted molar refractivity (Wildman–Crippen MR) is 119 cm³/mol. The lowest BCUT2D eigenvalue weighted by Gasteiger charge is -2.34. The smallest absolute Gasteiger partial charge is 0.322 e. The first-order valence-corrected chi connectivity index (χ1v) is 10.8. The van der Waals surface area contributed by atoms with Crippen LogP contribution >= 0.6 is 11.8 Å². The second-order valence-corrected chi connectivity index (χ2v) is 7.72. The largest absolute Gasteiger partial charge is 0.334 e. The van der Waals surface area contributed by atoms with E-state index >= 15 is 0 Å². The van der Waals surface area contributed by atoms with Crippen LogP contribution in [0.4, 0.5) is 4.79 Å². The highest BCUT2D eigenvalue weighted by Crippen LogP contribution is 2.37. The van der Waals surface area contributed by atoms with Crippen molar-refractivity contribution in [3.63, 3.8) is 0 Å². The van der Waals surface area contributed by atoms with Crippen LogP contribution in [0.2, 0.25) is 0 Å². The molecule has 0 fully saturated rings. The SMILES string of the molecule is C=CCN1C(=O)NC(c2ccccc2)C(c2nc(-c3ccc(SC)cc3)no2)=C1C. The number of nitrogens with zero attached hydrogens (tertiary/aromatic N) is 3. The molecule has 0 bridgehead atoms. The number of aromatic nitrogens is 2. The number of carbonyl (C=O) groups excluding carboxylic acids is 1. The maximum atomic E-state index is 12.7. The van der Waals surface area contributed by atoms with E-state index in [1.807, 2.05) is 67.8 Å². The van der Waals surface area contributed by atoms with Crippen LogP contribution in [0.3, 0.4) is 0 Å². The molecular weight excluding hydrogens is 396 g/mol. The van der Waals surface area contributed by atoms with Gasteiger partial charge in [-0.15, -0.1) is 18.3 Å². The average Bonchev–Trinajstić information content (AvgIpc) is 3.26. The number of allylic oxidation sites excluding steroid dienone is 1. The van der Waals surface area contributed by atoms with E-state index in [2.05, 4.69) is 22.0 Å². The average molecular weight is 419 g/mol. The molecule has 6 nitrogen and oxygen atoms in total. The van der Waals surface area contributed by atoms with Gasteiger partial charge in [0.05, 0.1) is 11.6 Å². The third kappa shape index (κ3) is 3.76. The molecule has 1 atom stereocenters. The molecule has 30 heavy (non-hydrogen) atoms. The second kappa shape index (κ2) is 8.59. The molecule has 2 aromatic carbocycles. The van der Waals surface area contributed by atoms with Crippen molar-refractivity contribution in [3.05, 3.63) is 84.4 Å². The number of rotatable bonds is 6. The van der Waals surface area contributed by atoms with Gasteiger partial charge < -0.3 is 9.84 Å². The zero-order chi connectivity index (χ0) is 21.1. The van der Waals surface area contributed by atoms with Crippen LogP contribution < -0.4 is 5.32 Å². The van der Waals surface area contributed by atoms with Gasteiger partial charge in [-0.25, -0.2) is 4.79 Å². The normalized spacial score (nSPS) is 16.5. The van der Waals surface area contributed by atoms with Gasteiger partial charge in [0.25, 0.3) is 5.89 Å². The summed E-state index contributed by atoms with van der Waals surface area (Å²) in [6, 6.07) is 17.2. The van der Waals surface area contributed by atoms with Crippen molar-refractivity contribution in [2.75, 3.05) is 12.8 Å². The second-order valence-electron chi connectivity index (χ2n) is 6.84. The Balaban J connectivity index is 1.78. The Hall–Kier alpha value is -3.32. The summed E-state index contributed by atoms with van der Waals surface area (Å²) >= 11 is 1.68. The lowest BCUT2D eigenvalue weighted by molar-refractivity contribution is 0.209. The number of urea groups is 1. The fourth-order valence-corrected chi connectivity index (χ4v) is 3.90. The van der Waals surface area contributed by atoms with Gasteiger partial charge in [-0.3, -0.25) is 4.90 Å².